The van der Waals surface area contributed by atoms with E-state index in [1.807, 2.05) is 19.1 Å². The van der Waals surface area contributed by atoms with Crippen LogP contribution in [-0.4, -0.2) is 33.6 Å². The summed E-state index contributed by atoms with van der Waals surface area (Å²) in [5, 5.41) is 3.49. The van der Waals surface area contributed by atoms with Crippen LogP contribution in [0.25, 0.3) is 10.9 Å². The number of nitrogen functional groups attached to an aromatic ring is 1. The van der Waals surface area contributed by atoms with E-state index in [-0.39, 0.29) is 35.2 Å². The van der Waals surface area contributed by atoms with Gasteiger partial charge in [0, 0.05) is 23.3 Å². The number of halogens is 1. The molecule has 4 aromatic rings. The fourth-order valence-electron chi connectivity index (χ4n) is 3.42. The fraction of sp³-hybridized carbons (Fsp3) is 0.125. The van der Waals surface area contributed by atoms with Gasteiger partial charge in [0.2, 0.25) is 5.91 Å². The Morgan fingerprint density at radius 2 is 1.83 bits per heavy atom. The van der Waals surface area contributed by atoms with Crippen LogP contribution in [0.2, 0.25) is 0 Å². The lowest BCUT2D eigenvalue weighted by molar-refractivity contribution is -0.119. The average Bonchev–Trinajstić information content (AvgIpc) is 3.23. The Kier molecular flexibility index (Phi) is 6.69. The minimum absolute atomic E-state index is 0.00716. The van der Waals surface area contributed by atoms with Crippen LogP contribution in [0.3, 0.4) is 0 Å². The van der Waals surface area contributed by atoms with Gasteiger partial charge in [-0.05, 0) is 60.4 Å². The lowest BCUT2D eigenvalue weighted by atomic mass is 10.1. The molecular formula is C24H21FN6O3S. The number of hydrogen-bond donors (Lipinski definition) is 3. The zero-order chi connectivity index (χ0) is 25.1. The number of carbonyl (C=O) groups is 3. The number of nitrogens with zero attached hydrogens (tertiary/aromatic N) is 3. The van der Waals surface area contributed by atoms with Gasteiger partial charge in [-0.3, -0.25) is 24.3 Å². The maximum absolute atomic E-state index is 13.5. The molecule has 11 heteroatoms. The highest BCUT2D eigenvalue weighted by molar-refractivity contribution is 7.09. The number of rotatable bonds is 7. The summed E-state index contributed by atoms with van der Waals surface area (Å²) in [6.07, 6.45) is 0. The van der Waals surface area contributed by atoms with Gasteiger partial charge in [0.1, 0.15) is 17.2 Å². The van der Waals surface area contributed by atoms with Crippen LogP contribution in [0, 0.1) is 12.7 Å². The van der Waals surface area contributed by atoms with E-state index in [2.05, 4.69) is 14.7 Å². The highest BCUT2D eigenvalue weighted by atomic mass is 32.1. The number of fused-ring (bicyclic) bond motifs is 1. The molecule has 0 spiro atoms. The third-order valence-electron chi connectivity index (χ3n) is 5.23. The number of nitrogens with two attached hydrogens (primary N) is 2. The van der Waals surface area contributed by atoms with Crippen LogP contribution >= 0.6 is 11.5 Å². The molecule has 0 aliphatic carbocycles. The molecule has 2 aromatic heterocycles. The van der Waals surface area contributed by atoms with Gasteiger partial charge in [0.15, 0.2) is 5.69 Å². The molecule has 0 saturated carbocycles. The SMILES string of the molecule is Cc1ccc2cc(N(CC(=O)NCc3ccc(F)cc3)C(=O)c3snc(C(N)=O)c3N)ccc2n1. The monoisotopic (exact) mass is 492 g/mol. The summed E-state index contributed by atoms with van der Waals surface area (Å²) < 4.78 is 17.0. The van der Waals surface area contributed by atoms with E-state index in [1.54, 1.807) is 30.3 Å². The van der Waals surface area contributed by atoms with Crippen LogP contribution in [0.1, 0.15) is 31.4 Å². The van der Waals surface area contributed by atoms with Gasteiger partial charge in [-0.25, -0.2) is 4.39 Å². The Labute approximate surface area is 203 Å². The normalized spacial score (nSPS) is 10.8. The minimum Gasteiger partial charge on any atom is -0.395 e. The van der Waals surface area contributed by atoms with Crippen molar-refractivity contribution in [1.29, 1.82) is 0 Å². The van der Waals surface area contributed by atoms with Crippen LogP contribution in [-0.2, 0) is 11.3 Å². The van der Waals surface area contributed by atoms with Crippen molar-refractivity contribution in [3.8, 4) is 0 Å². The summed E-state index contributed by atoms with van der Waals surface area (Å²) in [6.45, 7) is 1.68. The number of amides is 3. The number of aromatic nitrogens is 2. The maximum atomic E-state index is 13.5. The number of carbonyl (C=O) groups excluding carboxylic acids is 3. The summed E-state index contributed by atoms with van der Waals surface area (Å²) >= 11 is 0.733. The van der Waals surface area contributed by atoms with E-state index in [9.17, 15) is 18.8 Å². The smallest absolute Gasteiger partial charge is 0.272 e. The summed E-state index contributed by atoms with van der Waals surface area (Å²) in [5.74, 6) is -2.30. The molecule has 5 N–H and O–H groups in total. The van der Waals surface area contributed by atoms with Crippen LogP contribution in [0.4, 0.5) is 15.8 Å². The Morgan fingerprint density at radius 3 is 2.51 bits per heavy atom. The van der Waals surface area contributed by atoms with Crippen LogP contribution < -0.4 is 21.7 Å². The molecule has 2 aromatic carbocycles. The highest BCUT2D eigenvalue weighted by Gasteiger charge is 2.27. The molecule has 0 atom stereocenters. The molecule has 0 bridgehead atoms. The Bertz CT molecular complexity index is 1440. The van der Waals surface area contributed by atoms with E-state index in [1.165, 1.54) is 17.0 Å². The summed E-state index contributed by atoms with van der Waals surface area (Å²) in [6, 6.07) is 14.6. The van der Waals surface area contributed by atoms with Crippen molar-refractivity contribution in [2.45, 2.75) is 13.5 Å². The van der Waals surface area contributed by atoms with Gasteiger partial charge in [0.25, 0.3) is 11.8 Å². The van der Waals surface area contributed by atoms with Crippen molar-refractivity contribution >= 4 is 51.5 Å². The summed E-state index contributed by atoms with van der Waals surface area (Å²) in [7, 11) is 0. The minimum atomic E-state index is -0.853. The number of benzene rings is 2. The molecule has 0 aliphatic rings. The molecule has 2 heterocycles. The zero-order valence-corrected chi connectivity index (χ0v) is 19.4. The Hall–Kier alpha value is -4.38. The van der Waals surface area contributed by atoms with E-state index in [0.29, 0.717) is 11.3 Å². The summed E-state index contributed by atoms with van der Waals surface area (Å²) in [4.78, 5) is 43.5. The first kappa shape index (κ1) is 23.8. The van der Waals surface area contributed by atoms with Gasteiger partial charge in [-0.15, -0.1) is 0 Å². The lowest BCUT2D eigenvalue weighted by Crippen LogP contribution is -2.40. The second-order valence-corrected chi connectivity index (χ2v) is 8.54. The van der Waals surface area contributed by atoms with E-state index in [0.717, 1.165) is 28.1 Å². The molecule has 35 heavy (non-hydrogen) atoms. The highest BCUT2D eigenvalue weighted by Crippen LogP contribution is 2.28. The molecule has 0 aliphatic heterocycles. The number of hydrogen-bond acceptors (Lipinski definition) is 7. The molecule has 4 rings (SSSR count). The first-order valence-corrected chi connectivity index (χ1v) is 11.3. The van der Waals surface area contributed by atoms with Gasteiger partial charge in [0.05, 0.1) is 11.2 Å². The number of primary amides is 1. The number of nitrogens with one attached hydrogen (secondary N) is 1. The molecule has 9 nitrogen and oxygen atoms in total. The first-order valence-electron chi connectivity index (χ1n) is 10.5. The third kappa shape index (κ3) is 5.25. The average molecular weight is 493 g/mol. The molecule has 3 amide bonds. The second-order valence-electron chi connectivity index (χ2n) is 7.76. The molecule has 0 saturated heterocycles. The number of aryl methyl sites for hydroxylation is 1. The van der Waals surface area contributed by atoms with Crippen molar-refractivity contribution in [2.24, 2.45) is 5.73 Å². The van der Waals surface area contributed by atoms with E-state index >= 15 is 0 Å². The van der Waals surface area contributed by atoms with E-state index < -0.39 is 17.7 Å². The molecule has 178 valence electrons. The van der Waals surface area contributed by atoms with Crippen molar-refractivity contribution in [3.63, 3.8) is 0 Å². The van der Waals surface area contributed by atoms with Crippen molar-refractivity contribution in [2.75, 3.05) is 17.2 Å². The van der Waals surface area contributed by atoms with Crippen molar-refractivity contribution in [3.05, 3.63) is 82.2 Å². The Morgan fingerprint density at radius 1 is 1.09 bits per heavy atom. The number of pyridine rings is 1. The summed E-state index contributed by atoms with van der Waals surface area (Å²) in [5.41, 5.74) is 13.6. The number of anilines is 2. The first-order chi connectivity index (χ1) is 16.7. The fourth-order valence-corrected chi connectivity index (χ4v) is 4.17. The molecule has 0 unspecified atom stereocenters. The van der Waals surface area contributed by atoms with Gasteiger partial charge >= 0.3 is 0 Å². The van der Waals surface area contributed by atoms with Crippen molar-refractivity contribution < 1.29 is 18.8 Å². The van der Waals surface area contributed by atoms with Crippen LogP contribution in [0.5, 0.6) is 0 Å². The quantitative estimate of drug-likeness (QED) is 0.362. The zero-order valence-electron chi connectivity index (χ0n) is 18.6. The second kappa shape index (κ2) is 9.85. The van der Waals surface area contributed by atoms with Gasteiger partial charge < -0.3 is 16.8 Å². The largest absolute Gasteiger partial charge is 0.395 e. The lowest BCUT2D eigenvalue weighted by Gasteiger charge is -2.22. The maximum Gasteiger partial charge on any atom is 0.272 e. The van der Waals surface area contributed by atoms with Gasteiger partial charge in [-0.1, -0.05) is 18.2 Å². The topological polar surface area (TPSA) is 144 Å². The molecule has 0 radical (unpaired) electrons. The predicted molar refractivity (Wildman–Crippen MR) is 131 cm³/mol. The standard InChI is InChI=1S/C24H21FN6O3S/c1-13-2-5-15-10-17(8-9-18(15)29-13)31(24(34)22-20(26)21(23(27)33)30-35-22)12-19(32)28-11-14-3-6-16(25)7-4-14/h2-10H,11-12,26H2,1H3,(H2,27,33)(H,28,32). The van der Waals surface area contributed by atoms with Crippen LogP contribution in [0.15, 0.2) is 54.6 Å². The Balaban J connectivity index is 1.64. The van der Waals surface area contributed by atoms with E-state index in [4.69, 9.17) is 11.5 Å². The third-order valence-corrected chi connectivity index (χ3v) is 6.08. The molecule has 0 fully saturated rings. The predicted octanol–water partition coefficient (Wildman–Crippen LogP) is 2.78. The van der Waals surface area contributed by atoms with Gasteiger partial charge in [-0.2, -0.15) is 4.37 Å². The van der Waals surface area contributed by atoms with Crippen molar-refractivity contribution in [1.82, 2.24) is 14.7 Å². The molecular weight excluding hydrogens is 471 g/mol.